The van der Waals surface area contributed by atoms with Crippen molar-refractivity contribution in [3.63, 3.8) is 0 Å². The molecule has 0 aliphatic heterocycles. The van der Waals surface area contributed by atoms with E-state index in [0.29, 0.717) is 20.9 Å². The zero-order chi connectivity index (χ0) is 20.3. The molecule has 1 atom stereocenters. The largest absolute Gasteiger partial charge is 0.497 e. The zero-order valence-corrected chi connectivity index (χ0v) is 17.2. The lowest BCUT2D eigenvalue weighted by atomic mass is 10.1. The predicted octanol–water partition coefficient (Wildman–Crippen LogP) is 3.09. The number of nitrogen functional groups attached to an aromatic ring is 1. The summed E-state index contributed by atoms with van der Waals surface area (Å²) in [6, 6.07) is 6.68. The van der Waals surface area contributed by atoms with Gasteiger partial charge in [0, 0.05) is 28.4 Å². The van der Waals surface area contributed by atoms with E-state index < -0.39 is 0 Å². The fraction of sp³-hybridized carbons (Fsp3) is 0.167. The van der Waals surface area contributed by atoms with E-state index in [1.54, 1.807) is 36.2 Å². The number of nitrogens with two attached hydrogens (primary N) is 2. The Morgan fingerprint density at radius 3 is 2.86 bits per heavy atom. The van der Waals surface area contributed by atoms with Crippen LogP contribution in [0.5, 0.6) is 5.75 Å². The number of benzene rings is 1. The Balaban J connectivity index is 1.83. The highest BCUT2D eigenvalue weighted by Gasteiger charge is 2.17. The Hall–Kier alpha value is -2.62. The molecule has 0 aliphatic carbocycles. The summed E-state index contributed by atoms with van der Waals surface area (Å²) in [6.45, 7) is 0.279. The van der Waals surface area contributed by atoms with Crippen molar-refractivity contribution in [2.75, 3.05) is 24.7 Å². The quantitative estimate of drug-likeness (QED) is 0.514. The molecule has 1 aromatic carbocycles. The second-order valence-electron chi connectivity index (χ2n) is 5.93. The number of carbonyl (C=O) groups is 1. The van der Waals surface area contributed by atoms with Crippen LogP contribution in [0, 0.1) is 0 Å². The van der Waals surface area contributed by atoms with Crippen LogP contribution in [0.15, 0.2) is 47.3 Å². The SMILES string of the molecule is COc1cc(Cl)cc(C(CN)n2cc(NC(=O)c3cc(Br)cnc3N)cn2)c1. The van der Waals surface area contributed by atoms with Crippen molar-refractivity contribution in [1.29, 1.82) is 0 Å². The molecule has 28 heavy (non-hydrogen) atoms. The molecule has 5 N–H and O–H groups in total. The minimum Gasteiger partial charge on any atom is -0.497 e. The Labute approximate surface area is 175 Å². The molecule has 1 unspecified atom stereocenters. The maximum absolute atomic E-state index is 12.5. The number of pyridine rings is 1. The molecule has 0 saturated heterocycles. The highest BCUT2D eigenvalue weighted by molar-refractivity contribution is 9.10. The van der Waals surface area contributed by atoms with Crippen molar-refractivity contribution in [3.8, 4) is 5.75 Å². The molecule has 0 fully saturated rings. The molecule has 10 heteroatoms. The number of aromatic nitrogens is 3. The summed E-state index contributed by atoms with van der Waals surface area (Å²) in [6.07, 6.45) is 4.74. The number of carbonyl (C=O) groups excluding carboxylic acids is 1. The first-order chi connectivity index (χ1) is 13.4. The van der Waals surface area contributed by atoms with Gasteiger partial charge in [-0.3, -0.25) is 9.48 Å². The second kappa shape index (κ2) is 8.59. The fourth-order valence-electron chi connectivity index (χ4n) is 2.69. The smallest absolute Gasteiger partial charge is 0.259 e. The average molecular weight is 466 g/mol. The predicted molar refractivity (Wildman–Crippen MR) is 112 cm³/mol. The maximum Gasteiger partial charge on any atom is 0.259 e. The monoisotopic (exact) mass is 464 g/mol. The number of nitrogens with zero attached hydrogens (tertiary/aromatic N) is 3. The van der Waals surface area contributed by atoms with Crippen molar-refractivity contribution in [3.05, 3.63) is 63.5 Å². The van der Waals surface area contributed by atoms with Crippen molar-refractivity contribution in [2.45, 2.75) is 6.04 Å². The van der Waals surface area contributed by atoms with Crippen LogP contribution in [0.1, 0.15) is 22.0 Å². The van der Waals surface area contributed by atoms with Gasteiger partial charge in [0.15, 0.2) is 0 Å². The summed E-state index contributed by atoms with van der Waals surface area (Å²) in [5, 5.41) is 7.61. The van der Waals surface area contributed by atoms with Crippen LogP contribution >= 0.6 is 27.5 Å². The molecule has 2 heterocycles. The number of nitrogens with one attached hydrogen (secondary N) is 1. The third-order valence-electron chi connectivity index (χ3n) is 4.05. The van der Waals surface area contributed by atoms with Crippen LogP contribution in [0.2, 0.25) is 5.02 Å². The molecule has 0 saturated carbocycles. The zero-order valence-electron chi connectivity index (χ0n) is 14.9. The van der Waals surface area contributed by atoms with Crippen LogP contribution in [-0.2, 0) is 0 Å². The van der Waals surface area contributed by atoms with E-state index in [1.165, 1.54) is 12.4 Å². The summed E-state index contributed by atoms with van der Waals surface area (Å²) in [4.78, 5) is 16.4. The van der Waals surface area contributed by atoms with E-state index in [0.717, 1.165) is 5.56 Å². The third kappa shape index (κ3) is 4.44. The molecule has 8 nitrogen and oxygen atoms in total. The van der Waals surface area contributed by atoms with Gasteiger partial charge in [-0.25, -0.2) is 4.98 Å². The van der Waals surface area contributed by atoms with Gasteiger partial charge >= 0.3 is 0 Å². The molecule has 3 aromatic rings. The van der Waals surface area contributed by atoms with Gasteiger partial charge in [-0.2, -0.15) is 5.10 Å². The Kier molecular flexibility index (Phi) is 6.18. The molecule has 1 amide bonds. The van der Waals surface area contributed by atoms with E-state index >= 15 is 0 Å². The van der Waals surface area contributed by atoms with Gasteiger partial charge < -0.3 is 21.5 Å². The number of amides is 1. The highest BCUT2D eigenvalue weighted by atomic mass is 79.9. The molecule has 146 valence electrons. The van der Waals surface area contributed by atoms with Gasteiger partial charge in [-0.1, -0.05) is 11.6 Å². The Bertz CT molecular complexity index is 1010. The van der Waals surface area contributed by atoms with Crippen LogP contribution in [0.4, 0.5) is 11.5 Å². The first kappa shape index (κ1) is 20.1. The maximum atomic E-state index is 12.5. The summed E-state index contributed by atoms with van der Waals surface area (Å²) < 4.78 is 7.57. The number of hydrogen-bond donors (Lipinski definition) is 3. The first-order valence-electron chi connectivity index (χ1n) is 8.22. The lowest BCUT2D eigenvalue weighted by Gasteiger charge is -2.17. The molecule has 0 aliphatic rings. The Morgan fingerprint density at radius 2 is 2.14 bits per heavy atom. The standard InChI is InChI=1S/C18H18BrClN6O2/c1-28-14-3-10(2-12(20)5-14)16(6-21)26-9-13(8-24-26)25-18(27)15-4-11(19)7-23-17(15)22/h2-5,7-9,16H,6,21H2,1H3,(H2,22,23)(H,25,27). The summed E-state index contributed by atoms with van der Waals surface area (Å²) in [5.74, 6) is 0.373. The summed E-state index contributed by atoms with van der Waals surface area (Å²) >= 11 is 9.43. The lowest BCUT2D eigenvalue weighted by molar-refractivity contribution is 0.102. The molecule has 2 aromatic heterocycles. The van der Waals surface area contributed by atoms with E-state index in [1.807, 2.05) is 6.07 Å². The highest BCUT2D eigenvalue weighted by Crippen LogP contribution is 2.27. The first-order valence-corrected chi connectivity index (χ1v) is 9.39. The van der Waals surface area contributed by atoms with E-state index in [2.05, 4.69) is 31.3 Å². The van der Waals surface area contributed by atoms with Crippen LogP contribution < -0.4 is 21.5 Å². The van der Waals surface area contributed by atoms with Crippen molar-refractivity contribution in [1.82, 2.24) is 14.8 Å². The molecule has 0 spiro atoms. The topological polar surface area (TPSA) is 121 Å². The number of methoxy groups -OCH3 is 1. The molecular weight excluding hydrogens is 448 g/mol. The number of hydrogen-bond acceptors (Lipinski definition) is 6. The molecule has 3 rings (SSSR count). The second-order valence-corrected chi connectivity index (χ2v) is 7.28. The van der Waals surface area contributed by atoms with E-state index in [-0.39, 0.29) is 29.9 Å². The number of ether oxygens (including phenoxy) is 1. The molecule has 0 bridgehead atoms. The van der Waals surface area contributed by atoms with Gasteiger partial charge in [0.05, 0.1) is 30.6 Å². The van der Waals surface area contributed by atoms with Crippen LogP contribution in [0.3, 0.4) is 0 Å². The van der Waals surface area contributed by atoms with Crippen molar-refractivity contribution < 1.29 is 9.53 Å². The molecular formula is C18H18BrClN6O2. The average Bonchev–Trinajstić information content (AvgIpc) is 3.11. The summed E-state index contributed by atoms with van der Waals surface area (Å²) in [7, 11) is 1.57. The van der Waals surface area contributed by atoms with Crippen LogP contribution in [0.25, 0.3) is 0 Å². The third-order valence-corrected chi connectivity index (χ3v) is 4.70. The van der Waals surface area contributed by atoms with E-state index in [4.69, 9.17) is 27.8 Å². The normalized spacial score (nSPS) is 11.9. The number of halogens is 2. The van der Waals surface area contributed by atoms with Crippen LogP contribution in [-0.4, -0.2) is 34.3 Å². The van der Waals surface area contributed by atoms with Gasteiger partial charge in [-0.05, 0) is 45.8 Å². The minimum atomic E-state index is -0.389. The van der Waals surface area contributed by atoms with Gasteiger partial charge in [0.1, 0.15) is 11.6 Å². The fourth-order valence-corrected chi connectivity index (χ4v) is 3.26. The summed E-state index contributed by atoms with van der Waals surface area (Å²) in [5.41, 5.74) is 13.3. The molecule has 0 radical (unpaired) electrons. The van der Waals surface area contributed by atoms with Crippen molar-refractivity contribution >= 4 is 44.9 Å². The Morgan fingerprint density at radius 1 is 1.36 bits per heavy atom. The number of anilines is 2. The van der Waals surface area contributed by atoms with Gasteiger partial charge in [0.2, 0.25) is 0 Å². The van der Waals surface area contributed by atoms with Crippen molar-refractivity contribution in [2.24, 2.45) is 5.73 Å². The number of rotatable bonds is 6. The van der Waals surface area contributed by atoms with E-state index in [9.17, 15) is 4.79 Å². The minimum absolute atomic E-state index is 0.138. The van der Waals surface area contributed by atoms with Gasteiger partial charge in [-0.15, -0.1) is 0 Å². The van der Waals surface area contributed by atoms with Gasteiger partial charge in [0.25, 0.3) is 5.91 Å². The lowest BCUT2D eigenvalue weighted by Crippen LogP contribution is -2.21.